The summed E-state index contributed by atoms with van der Waals surface area (Å²) in [6, 6.07) is 3.55. The van der Waals surface area contributed by atoms with Gasteiger partial charge in [-0.25, -0.2) is 9.18 Å². The Bertz CT molecular complexity index is 1190. The number of fused-ring (bicyclic) bond motifs is 1. The molecule has 0 aliphatic rings. The van der Waals surface area contributed by atoms with Crippen molar-refractivity contribution >= 4 is 10.9 Å². The molecule has 0 unspecified atom stereocenters. The molecule has 11 heteroatoms. The molecule has 3 rings (SSSR count). The van der Waals surface area contributed by atoms with E-state index in [0.717, 1.165) is 19.2 Å². The number of hydrogen-bond acceptors (Lipinski definition) is 4. The van der Waals surface area contributed by atoms with E-state index in [-0.39, 0.29) is 10.3 Å². The maximum atomic E-state index is 14.3. The zero-order chi connectivity index (χ0) is 19.2. The molecule has 0 bridgehead atoms. The van der Waals surface area contributed by atoms with Gasteiger partial charge < -0.3 is 9.72 Å². The van der Waals surface area contributed by atoms with Crippen molar-refractivity contribution in [2.75, 3.05) is 7.11 Å². The number of alkyl halides is 3. The quantitative estimate of drug-likeness (QED) is 0.668. The first kappa shape index (κ1) is 17.5. The Morgan fingerprint density at radius 3 is 2.42 bits per heavy atom. The summed E-state index contributed by atoms with van der Waals surface area (Å²) in [7, 11) is 1.09. The molecule has 0 saturated heterocycles. The van der Waals surface area contributed by atoms with Crippen LogP contribution in [0.15, 0.2) is 38.6 Å². The lowest BCUT2D eigenvalue weighted by Crippen LogP contribution is -2.33. The van der Waals surface area contributed by atoms with E-state index in [0.29, 0.717) is 6.07 Å². The van der Waals surface area contributed by atoms with Gasteiger partial charge in [-0.2, -0.15) is 13.2 Å². The number of rotatable bonds is 2. The highest BCUT2D eigenvalue weighted by molar-refractivity contribution is 5.77. The predicted octanol–water partition coefficient (Wildman–Crippen LogP) is 1.53. The molecule has 0 fully saturated rings. The monoisotopic (exact) mass is 371 g/mol. The van der Waals surface area contributed by atoms with Crippen molar-refractivity contribution in [2.45, 2.75) is 6.18 Å². The van der Waals surface area contributed by atoms with E-state index in [1.165, 1.54) is 6.07 Å². The van der Waals surface area contributed by atoms with Crippen molar-refractivity contribution in [3.05, 3.63) is 67.0 Å². The second-order valence-electron chi connectivity index (χ2n) is 5.16. The van der Waals surface area contributed by atoms with Gasteiger partial charge in [-0.05, 0) is 18.2 Å². The number of benzene rings is 1. The topological polar surface area (TPSA) is 96.9 Å². The molecule has 0 amide bonds. The molecule has 0 radical (unpaired) electrons. The average molecular weight is 371 g/mol. The van der Waals surface area contributed by atoms with Gasteiger partial charge in [0.2, 0.25) is 0 Å². The Kier molecular flexibility index (Phi) is 3.93. The molecule has 0 atom stereocenters. The third-order valence-electron chi connectivity index (χ3n) is 3.60. The summed E-state index contributed by atoms with van der Waals surface area (Å²) in [5.41, 5.74) is -6.80. The van der Waals surface area contributed by atoms with Crippen molar-refractivity contribution in [3.8, 4) is 11.4 Å². The highest BCUT2D eigenvalue weighted by Crippen LogP contribution is 2.34. The van der Waals surface area contributed by atoms with Crippen molar-refractivity contribution in [1.29, 1.82) is 0 Å². The van der Waals surface area contributed by atoms with Crippen LogP contribution >= 0.6 is 0 Å². The number of ether oxygens (including phenoxy) is 1. The minimum Gasteiger partial charge on any atom is -0.494 e. The summed E-state index contributed by atoms with van der Waals surface area (Å²) in [5, 5.41) is -0.687. The van der Waals surface area contributed by atoms with Gasteiger partial charge in [-0.1, -0.05) is 6.07 Å². The van der Waals surface area contributed by atoms with Gasteiger partial charge >= 0.3 is 11.9 Å². The molecule has 0 aliphatic carbocycles. The molecule has 136 valence electrons. The smallest absolute Gasteiger partial charge is 0.431 e. The first-order valence-electron chi connectivity index (χ1n) is 6.97. The van der Waals surface area contributed by atoms with Crippen molar-refractivity contribution in [1.82, 2.24) is 14.5 Å². The molecule has 1 aromatic carbocycles. The number of pyridine rings is 1. The minimum absolute atomic E-state index is 0.0197. The number of H-pyrrole nitrogens is 2. The number of para-hydroxylation sites is 1. The van der Waals surface area contributed by atoms with Gasteiger partial charge in [-0.15, -0.1) is 0 Å². The Hall–Kier alpha value is -3.37. The Morgan fingerprint density at radius 1 is 1.12 bits per heavy atom. The summed E-state index contributed by atoms with van der Waals surface area (Å²) in [4.78, 5) is 39.5. The van der Waals surface area contributed by atoms with Crippen LogP contribution in [0.2, 0.25) is 0 Å². The van der Waals surface area contributed by atoms with E-state index >= 15 is 0 Å². The van der Waals surface area contributed by atoms with Crippen LogP contribution in [0.5, 0.6) is 5.75 Å². The zero-order valence-corrected chi connectivity index (χ0v) is 12.9. The van der Waals surface area contributed by atoms with Gasteiger partial charge in [0, 0.05) is 0 Å². The summed E-state index contributed by atoms with van der Waals surface area (Å²) in [6.45, 7) is 0. The number of hydrogen-bond donors (Lipinski definition) is 2. The van der Waals surface area contributed by atoms with Crippen LogP contribution in [0.4, 0.5) is 17.6 Å². The van der Waals surface area contributed by atoms with Gasteiger partial charge in [0.15, 0.2) is 5.82 Å². The van der Waals surface area contributed by atoms with Crippen LogP contribution in [-0.2, 0) is 6.18 Å². The van der Waals surface area contributed by atoms with Gasteiger partial charge in [0.25, 0.3) is 11.1 Å². The van der Waals surface area contributed by atoms with Crippen LogP contribution in [-0.4, -0.2) is 21.6 Å². The molecular formula is C15H9F4N3O4. The highest BCUT2D eigenvalue weighted by atomic mass is 19.4. The molecule has 0 spiro atoms. The normalized spacial score (nSPS) is 11.7. The van der Waals surface area contributed by atoms with Crippen molar-refractivity contribution in [3.63, 3.8) is 0 Å². The van der Waals surface area contributed by atoms with Crippen LogP contribution in [0.25, 0.3) is 16.6 Å². The van der Waals surface area contributed by atoms with E-state index in [9.17, 15) is 31.9 Å². The summed E-state index contributed by atoms with van der Waals surface area (Å²) in [5.74, 6) is -1.51. The molecule has 2 N–H and O–H groups in total. The van der Waals surface area contributed by atoms with Crippen LogP contribution in [0.1, 0.15) is 5.69 Å². The fraction of sp³-hybridized carbons (Fsp3) is 0.133. The fourth-order valence-electron chi connectivity index (χ4n) is 2.53. The lowest BCUT2D eigenvalue weighted by Gasteiger charge is -2.18. The zero-order valence-electron chi connectivity index (χ0n) is 12.9. The Balaban J connectivity index is 2.62. The standard InChI is InChI=1S/C15H9F4N3O4/c1-26-8-4-2-3-7(16)11(8)22-9(15(17,18)19)5-6-10(13(22)24)20-14(25)21-12(6)23/h2-5H,1H3,(H2,20,21,23,25). The van der Waals surface area contributed by atoms with Crippen LogP contribution < -0.4 is 21.5 Å². The molecular weight excluding hydrogens is 362 g/mol. The van der Waals surface area contributed by atoms with Gasteiger partial charge in [-0.3, -0.25) is 19.1 Å². The maximum absolute atomic E-state index is 14.3. The van der Waals surface area contributed by atoms with E-state index in [4.69, 9.17) is 4.74 Å². The van der Waals surface area contributed by atoms with Crippen molar-refractivity contribution in [2.24, 2.45) is 0 Å². The Morgan fingerprint density at radius 2 is 1.81 bits per heavy atom. The van der Waals surface area contributed by atoms with E-state index in [2.05, 4.69) is 0 Å². The van der Waals surface area contributed by atoms with E-state index in [1.54, 1.807) is 4.98 Å². The third-order valence-corrected chi connectivity index (χ3v) is 3.60. The lowest BCUT2D eigenvalue weighted by molar-refractivity contribution is -0.142. The minimum atomic E-state index is -5.11. The lowest BCUT2D eigenvalue weighted by atomic mass is 10.2. The molecule has 3 aromatic rings. The molecule has 0 saturated carbocycles. The Labute approximate surface area is 140 Å². The highest BCUT2D eigenvalue weighted by Gasteiger charge is 2.37. The molecule has 0 aliphatic heterocycles. The first-order valence-corrected chi connectivity index (χ1v) is 6.97. The largest absolute Gasteiger partial charge is 0.494 e. The average Bonchev–Trinajstić information content (AvgIpc) is 2.54. The predicted molar refractivity (Wildman–Crippen MR) is 82.3 cm³/mol. The first-order chi connectivity index (χ1) is 12.1. The summed E-state index contributed by atoms with van der Waals surface area (Å²) < 4.78 is 59.7. The molecule has 7 nitrogen and oxygen atoms in total. The molecule has 2 heterocycles. The van der Waals surface area contributed by atoms with Gasteiger partial charge in [0.05, 0.1) is 12.5 Å². The number of nitrogens with zero attached hydrogens (tertiary/aromatic N) is 1. The van der Waals surface area contributed by atoms with E-state index in [1.807, 2.05) is 4.98 Å². The van der Waals surface area contributed by atoms with Crippen LogP contribution in [0, 0.1) is 5.82 Å². The van der Waals surface area contributed by atoms with Crippen molar-refractivity contribution < 1.29 is 22.3 Å². The summed E-state index contributed by atoms with van der Waals surface area (Å²) >= 11 is 0. The van der Waals surface area contributed by atoms with E-state index < -0.39 is 51.1 Å². The van der Waals surface area contributed by atoms with Crippen LogP contribution in [0.3, 0.4) is 0 Å². The second kappa shape index (κ2) is 5.86. The maximum Gasteiger partial charge on any atom is 0.431 e. The second-order valence-corrected chi connectivity index (χ2v) is 5.16. The SMILES string of the molecule is COc1cccc(F)c1-n1c(C(F)(F)F)cc2c(=O)[nH]c(=O)[nH]c2c1=O. The number of aromatic nitrogens is 3. The van der Waals surface area contributed by atoms with Gasteiger partial charge in [0.1, 0.15) is 22.6 Å². The fourth-order valence-corrected chi connectivity index (χ4v) is 2.53. The molecule has 2 aromatic heterocycles. The number of aromatic amines is 2. The third kappa shape index (κ3) is 2.66. The number of methoxy groups -OCH3 is 1. The number of nitrogens with one attached hydrogen (secondary N) is 2. The number of halogens is 4. The molecule has 26 heavy (non-hydrogen) atoms. The summed E-state index contributed by atoms with van der Waals surface area (Å²) in [6.07, 6.45) is -5.11.